The maximum Gasteiger partial charge on any atom is 0.168 e. The van der Waals surface area contributed by atoms with E-state index in [1.54, 1.807) is 0 Å². The van der Waals surface area contributed by atoms with Crippen molar-refractivity contribution in [2.24, 2.45) is 10.4 Å². The third kappa shape index (κ3) is 4.93. The summed E-state index contributed by atoms with van der Waals surface area (Å²) in [4.78, 5) is 17.9. The van der Waals surface area contributed by atoms with Gasteiger partial charge < -0.3 is 5.11 Å². The number of aliphatic hydroxyl groups is 1. The number of nitrogens with zero attached hydrogens (tertiary/aromatic N) is 1. The van der Waals surface area contributed by atoms with Gasteiger partial charge in [-0.05, 0) is 40.2 Å². The van der Waals surface area contributed by atoms with Crippen molar-refractivity contribution in [3.63, 3.8) is 0 Å². The minimum atomic E-state index is -0.147. The summed E-state index contributed by atoms with van der Waals surface area (Å²) in [5, 5.41) is 13.3. The van der Waals surface area contributed by atoms with Crippen molar-refractivity contribution in [2.75, 3.05) is 6.54 Å². The van der Waals surface area contributed by atoms with Crippen LogP contribution in [-0.4, -0.2) is 23.1 Å². The molecule has 1 saturated carbocycles. The molecule has 1 N–H and O–H groups in total. The van der Waals surface area contributed by atoms with Gasteiger partial charge in [0.1, 0.15) is 5.76 Å². The van der Waals surface area contributed by atoms with Gasteiger partial charge >= 0.3 is 0 Å². The van der Waals surface area contributed by atoms with E-state index in [0.29, 0.717) is 31.4 Å². The first-order valence-electron chi connectivity index (χ1n) is 10.9. The Hall–Kier alpha value is -3.20. The van der Waals surface area contributed by atoms with Crippen LogP contribution in [0.3, 0.4) is 0 Å². The number of hydrogen-bond donors (Lipinski definition) is 1. The van der Waals surface area contributed by atoms with E-state index in [9.17, 15) is 9.90 Å². The van der Waals surface area contributed by atoms with Gasteiger partial charge in [-0.25, -0.2) is 0 Å². The Bertz CT molecular complexity index is 1150. The Labute approximate surface area is 184 Å². The summed E-state index contributed by atoms with van der Waals surface area (Å²) in [6, 6.07) is 24.4. The second kappa shape index (κ2) is 8.89. The minimum absolute atomic E-state index is 0.00699. The van der Waals surface area contributed by atoms with Crippen molar-refractivity contribution in [1.29, 1.82) is 0 Å². The summed E-state index contributed by atoms with van der Waals surface area (Å²) in [5.74, 6) is 0.128. The fourth-order valence-corrected chi connectivity index (χ4v) is 4.43. The molecule has 0 unspecified atom stereocenters. The van der Waals surface area contributed by atoms with Crippen molar-refractivity contribution in [2.45, 2.75) is 39.5 Å². The van der Waals surface area contributed by atoms with Gasteiger partial charge in [-0.3, -0.25) is 9.79 Å². The second-order valence-corrected chi connectivity index (χ2v) is 9.14. The molecule has 0 atom stereocenters. The number of fused-ring (bicyclic) bond motifs is 1. The molecule has 0 aliphatic heterocycles. The number of carbonyl (C=O) groups excluding carboxylic acids is 1. The minimum Gasteiger partial charge on any atom is -0.511 e. The van der Waals surface area contributed by atoms with Gasteiger partial charge in [-0.1, -0.05) is 86.6 Å². The number of aliphatic hydroxyl groups excluding tert-OH is 1. The zero-order valence-corrected chi connectivity index (χ0v) is 18.3. The van der Waals surface area contributed by atoms with Crippen LogP contribution in [0, 0.1) is 5.41 Å². The highest BCUT2D eigenvalue weighted by Gasteiger charge is 2.36. The number of rotatable bonds is 5. The summed E-state index contributed by atoms with van der Waals surface area (Å²) in [6.07, 6.45) is 2.28. The molecule has 158 valence electrons. The zero-order valence-electron chi connectivity index (χ0n) is 18.3. The van der Waals surface area contributed by atoms with Gasteiger partial charge in [0, 0.05) is 25.1 Å². The lowest BCUT2D eigenvalue weighted by Crippen LogP contribution is -2.33. The third-order valence-electron chi connectivity index (χ3n) is 5.92. The number of ketones is 1. The molecule has 1 fully saturated rings. The van der Waals surface area contributed by atoms with E-state index in [-0.39, 0.29) is 17.0 Å². The smallest absolute Gasteiger partial charge is 0.168 e. The Morgan fingerprint density at radius 1 is 0.935 bits per heavy atom. The second-order valence-electron chi connectivity index (χ2n) is 9.14. The van der Waals surface area contributed by atoms with E-state index in [2.05, 4.69) is 44.2 Å². The molecule has 0 saturated heterocycles. The molecule has 0 spiro atoms. The average molecular weight is 412 g/mol. The average Bonchev–Trinajstić information content (AvgIpc) is 2.73. The molecule has 0 aromatic heterocycles. The van der Waals surface area contributed by atoms with Crippen molar-refractivity contribution in [3.8, 4) is 0 Å². The molecule has 3 nitrogen and oxygen atoms in total. The maximum absolute atomic E-state index is 13.1. The van der Waals surface area contributed by atoms with Gasteiger partial charge in [-0.2, -0.15) is 0 Å². The third-order valence-corrected chi connectivity index (χ3v) is 5.92. The standard InChI is InChI=1S/C28H29NO2/c1-28(2)18-24(29-16-15-20-9-4-3-5-10-20)27(26(31)19-28)25(30)17-22-13-8-12-21-11-6-7-14-23(21)22/h3-14,30H,15-19H2,1-2H3. The van der Waals surface area contributed by atoms with E-state index in [4.69, 9.17) is 4.99 Å². The lowest BCUT2D eigenvalue weighted by atomic mass is 9.73. The van der Waals surface area contributed by atoms with Crippen LogP contribution in [0.15, 0.2) is 89.1 Å². The van der Waals surface area contributed by atoms with Crippen LogP contribution >= 0.6 is 0 Å². The molecule has 3 aromatic rings. The van der Waals surface area contributed by atoms with Crippen LogP contribution in [0.4, 0.5) is 0 Å². The molecule has 31 heavy (non-hydrogen) atoms. The lowest BCUT2D eigenvalue weighted by Gasteiger charge is -2.31. The predicted molar refractivity (Wildman–Crippen MR) is 128 cm³/mol. The first-order valence-corrected chi connectivity index (χ1v) is 10.9. The number of aliphatic imine (C=N–C) groups is 1. The normalized spacial score (nSPS) is 19.0. The maximum atomic E-state index is 13.1. The fraction of sp³-hybridized carbons (Fsp3) is 0.286. The predicted octanol–water partition coefficient (Wildman–Crippen LogP) is 6.27. The van der Waals surface area contributed by atoms with Crippen LogP contribution in [-0.2, 0) is 17.6 Å². The number of allylic oxidation sites excluding steroid dienone is 2. The van der Waals surface area contributed by atoms with Crippen LogP contribution in [0.5, 0.6) is 0 Å². The van der Waals surface area contributed by atoms with E-state index in [0.717, 1.165) is 28.5 Å². The van der Waals surface area contributed by atoms with Gasteiger partial charge in [0.15, 0.2) is 5.78 Å². The summed E-state index contributed by atoms with van der Waals surface area (Å²) in [7, 11) is 0. The molecule has 1 aliphatic carbocycles. The molecule has 4 rings (SSSR count). The summed E-state index contributed by atoms with van der Waals surface area (Å²) >= 11 is 0. The highest BCUT2D eigenvalue weighted by molar-refractivity contribution is 6.24. The van der Waals surface area contributed by atoms with E-state index >= 15 is 0 Å². The Kier molecular flexibility index (Phi) is 6.03. The summed E-state index contributed by atoms with van der Waals surface area (Å²) in [6.45, 7) is 4.79. The SMILES string of the molecule is CC1(C)CC(=O)C(=C(O)Cc2cccc3ccccc23)C(=NCCc2ccccc2)C1. The number of Topliss-reactive ketones (excluding diaryl/α,β-unsaturated/α-hetero) is 1. The van der Waals surface area contributed by atoms with E-state index < -0.39 is 0 Å². The van der Waals surface area contributed by atoms with E-state index in [1.807, 2.05) is 42.5 Å². The molecule has 3 heteroatoms. The Morgan fingerprint density at radius 3 is 2.45 bits per heavy atom. The van der Waals surface area contributed by atoms with Gasteiger partial charge in [0.25, 0.3) is 0 Å². The van der Waals surface area contributed by atoms with Crippen LogP contribution in [0.25, 0.3) is 10.8 Å². The van der Waals surface area contributed by atoms with Gasteiger partial charge in [0.2, 0.25) is 0 Å². The highest BCUT2D eigenvalue weighted by atomic mass is 16.3. The number of benzene rings is 3. The number of carbonyl (C=O) groups is 1. The van der Waals surface area contributed by atoms with Gasteiger partial charge in [-0.15, -0.1) is 0 Å². The lowest BCUT2D eigenvalue weighted by molar-refractivity contribution is -0.117. The molecule has 3 aromatic carbocycles. The van der Waals surface area contributed by atoms with Crippen LogP contribution < -0.4 is 0 Å². The molecule has 0 heterocycles. The molecule has 1 aliphatic rings. The molecular formula is C28H29NO2. The van der Waals surface area contributed by atoms with Crippen LogP contribution in [0.2, 0.25) is 0 Å². The first kappa shape index (κ1) is 21.0. The molecular weight excluding hydrogens is 382 g/mol. The molecule has 0 bridgehead atoms. The van der Waals surface area contributed by atoms with Crippen molar-refractivity contribution in [3.05, 3.63) is 95.3 Å². The van der Waals surface area contributed by atoms with Crippen molar-refractivity contribution < 1.29 is 9.90 Å². The Balaban J connectivity index is 1.65. The van der Waals surface area contributed by atoms with Crippen molar-refractivity contribution in [1.82, 2.24) is 0 Å². The topological polar surface area (TPSA) is 49.7 Å². The number of hydrogen-bond acceptors (Lipinski definition) is 3. The summed E-state index contributed by atoms with van der Waals surface area (Å²) < 4.78 is 0. The monoisotopic (exact) mass is 411 g/mol. The highest BCUT2D eigenvalue weighted by Crippen LogP contribution is 2.36. The first-order chi connectivity index (χ1) is 14.9. The fourth-order valence-electron chi connectivity index (χ4n) is 4.43. The van der Waals surface area contributed by atoms with E-state index in [1.165, 1.54) is 5.56 Å². The zero-order chi connectivity index (χ0) is 21.8. The quantitative estimate of drug-likeness (QED) is 0.397. The Morgan fingerprint density at radius 2 is 1.65 bits per heavy atom. The largest absolute Gasteiger partial charge is 0.511 e. The van der Waals surface area contributed by atoms with Crippen LogP contribution in [0.1, 0.15) is 37.8 Å². The molecule has 0 amide bonds. The van der Waals surface area contributed by atoms with Crippen molar-refractivity contribution >= 4 is 22.3 Å². The summed E-state index contributed by atoms with van der Waals surface area (Å²) in [5.41, 5.74) is 3.27. The van der Waals surface area contributed by atoms with Gasteiger partial charge in [0.05, 0.1) is 5.57 Å². The molecule has 0 radical (unpaired) electrons.